The van der Waals surface area contributed by atoms with Gasteiger partial charge in [0.25, 0.3) is 11.6 Å². The van der Waals surface area contributed by atoms with Crippen LogP contribution in [0.15, 0.2) is 18.2 Å². The number of hydrogen-bond acceptors (Lipinski definition) is 4. The van der Waals surface area contributed by atoms with E-state index in [1.165, 1.54) is 18.2 Å². The van der Waals surface area contributed by atoms with Crippen molar-refractivity contribution in [2.24, 2.45) is 5.92 Å². The quantitative estimate of drug-likeness (QED) is 0.686. The molecule has 0 aromatic heterocycles. The maximum atomic E-state index is 12.5. The van der Waals surface area contributed by atoms with Gasteiger partial charge < -0.3 is 10.0 Å². The molecule has 1 heterocycles. The van der Waals surface area contributed by atoms with Gasteiger partial charge in [-0.2, -0.15) is 0 Å². The van der Waals surface area contributed by atoms with Crippen LogP contribution in [0.1, 0.15) is 30.1 Å². The SMILES string of the molecule is CC(O)C1CCN(C(=O)c2cc(Cl)ccc2[N+](=O)[O-])CC1. The molecule has 1 aliphatic heterocycles. The van der Waals surface area contributed by atoms with Crippen molar-refractivity contribution in [1.29, 1.82) is 0 Å². The van der Waals surface area contributed by atoms with Gasteiger partial charge in [-0.05, 0) is 37.8 Å². The predicted molar refractivity (Wildman–Crippen MR) is 78.4 cm³/mol. The Bertz CT molecular complexity index is 554. The second kappa shape index (κ2) is 6.41. The number of carbonyl (C=O) groups excluding carboxylic acids is 1. The van der Waals surface area contributed by atoms with Crippen LogP contribution in [0.4, 0.5) is 5.69 Å². The third-order valence-corrected chi connectivity index (χ3v) is 4.13. The van der Waals surface area contributed by atoms with Crippen LogP contribution in [0.25, 0.3) is 0 Å². The zero-order valence-corrected chi connectivity index (χ0v) is 12.4. The molecule has 7 heteroatoms. The van der Waals surface area contributed by atoms with Crippen molar-refractivity contribution >= 4 is 23.2 Å². The first-order chi connectivity index (χ1) is 9.90. The molecular formula is C14H17ClN2O4. The Balaban J connectivity index is 2.18. The molecule has 1 unspecified atom stereocenters. The van der Waals surface area contributed by atoms with Gasteiger partial charge in [0.1, 0.15) is 5.56 Å². The number of carbonyl (C=O) groups is 1. The first-order valence-corrected chi connectivity index (χ1v) is 7.19. The summed E-state index contributed by atoms with van der Waals surface area (Å²) in [5.41, 5.74) is -0.218. The van der Waals surface area contributed by atoms with Gasteiger partial charge in [0.15, 0.2) is 0 Å². The average Bonchev–Trinajstić information content (AvgIpc) is 2.46. The Morgan fingerprint density at radius 1 is 1.48 bits per heavy atom. The Hall–Kier alpha value is -1.66. The second-order valence-electron chi connectivity index (χ2n) is 5.29. The molecule has 1 aromatic rings. The lowest BCUT2D eigenvalue weighted by atomic mass is 9.92. The molecule has 0 saturated carbocycles. The van der Waals surface area contributed by atoms with Crippen LogP contribution in [0, 0.1) is 16.0 Å². The zero-order chi connectivity index (χ0) is 15.6. The van der Waals surface area contributed by atoms with Gasteiger partial charge in [0, 0.05) is 24.2 Å². The van der Waals surface area contributed by atoms with Crippen molar-refractivity contribution in [2.45, 2.75) is 25.9 Å². The predicted octanol–water partition coefficient (Wildman–Crippen LogP) is 2.48. The molecule has 2 rings (SSSR count). The number of amides is 1. The van der Waals surface area contributed by atoms with E-state index in [9.17, 15) is 20.0 Å². The van der Waals surface area contributed by atoms with E-state index in [0.717, 1.165) is 0 Å². The highest BCUT2D eigenvalue weighted by Gasteiger charge is 2.29. The van der Waals surface area contributed by atoms with Gasteiger partial charge >= 0.3 is 0 Å². The minimum absolute atomic E-state index is 0.0167. The highest BCUT2D eigenvalue weighted by atomic mass is 35.5. The maximum absolute atomic E-state index is 12.5. The summed E-state index contributed by atoms with van der Waals surface area (Å²) in [5.74, 6) is -0.211. The number of halogens is 1. The summed E-state index contributed by atoms with van der Waals surface area (Å²) in [6, 6.07) is 3.98. The lowest BCUT2D eigenvalue weighted by Gasteiger charge is -2.33. The number of nitrogens with zero attached hydrogens (tertiary/aromatic N) is 2. The van der Waals surface area contributed by atoms with Gasteiger partial charge in [-0.1, -0.05) is 11.6 Å². The first kappa shape index (κ1) is 15.7. The lowest BCUT2D eigenvalue weighted by Crippen LogP contribution is -2.40. The number of benzene rings is 1. The van der Waals surface area contributed by atoms with Gasteiger partial charge in [-0.15, -0.1) is 0 Å². The first-order valence-electron chi connectivity index (χ1n) is 6.81. The van der Waals surface area contributed by atoms with E-state index in [1.807, 2.05) is 0 Å². The molecule has 1 fully saturated rings. The zero-order valence-electron chi connectivity index (χ0n) is 11.7. The lowest BCUT2D eigenvalue weighted by molar-refractivity contribution is -0.385. The molecule has 21 heavy (non-hydrogen) atoms. The van der Waals surface area contributed by atoms with Crippen LogP contribution >= 0.6 is 11.6 Å². The van der Waals surface area contributed by atoms with Crippen molar-refractivity contribution in [3.05, 3.63) is 38.9 Å². The molecule has 6 nitrogen and oxygen atoms in total. The van der Waals surface area contributed by atoms with Gasteiger partial charge in [-0.25, -0.2) is 0 Å². The van der Waals surface area contributed by atoms with Gasteiger partial charge in [0.2, 0.25) is 0 Å². The van der Waals surface area contributed by atoms with Crippen LogP contribution < -0.4 is 0 Å². The number of nitro benzene ring substituents is 1. The van der Waals surface area contributed by atoms with Gasteiger partial charge in [0.05, 0.1) is 11.0 Å². The summed E-state index contributed by atoms with van der Waals surface area (Å²) < 4.78 is 0. The maximum Gasteiger partial charge on any atom is 0.282 e. The van der Waals surface area contributed by atoms with E-state index in [1.54, 1.807) is 11.8 Å². The fourth-order valence-electron chi connectivity index (χ4n) is 2.59. The van der Waals surface area contributed by atoms with E-state index in [2.05, 4.69) is 0 Å². The molecule has 1 atom stereocenters. The number of rotatable bonds is 3. The molecule has 1 saturated heterocycles. The van der Waals surface area contributed by atoms with E-state index in [0.29, 0.717) is 31.0 Å². The number of likely N-dealkylation sites (tertiary alicyclic amines) is 1. The normalized spacial score (nSPS) is 17.6. The number of aliphatic hydroxyl groups excluding tert-OH is 1. The molecule has 114 valence electrons. The van der Waals surface area contributed by atoms with Crippen molar-refractivity contribution in [2.75, 3.05) is 13.1 Å². The van der Waals surface area contributed by atoms with Crippen molar-refractivity contribution < 1.29 is 14.8 Å². The summed E-state index contributed by atoms with van der Waals surface area (Å²) in [4.78, 5) is 24.5. The third-order valence-electron chi connectivity index (χ3n) is 3.89. The van der Waals surface area contributed by atoms with Crippen LogP contribution in [0.2, 0.25) is 5.02 Å². The molecular weight excluding hydrogens is 296 g/mol. The highest BCUT2D eigenvalue weighted by molar-refractivity contribution is 6.31. The molecule has 0 radical (unpaired) electrons. The number of aliphatic hydroxyl groups is 1. The molecule has 1 aromatic carbocycles. The summed E-state index contributed by atoms with van der Waals surface area (Å²) in [6.07, 6.45) is 0.984. The molecule has 1 N–H and O–H groups in total. The fraction of sp³-hybridized carbons (Fsp3) is 0.500. The molecule has 0 bridgehead atoms. The molecule has 1 amide bonds. The fourth-order valence-corrected chi connectivity index (χ4v) is 2.77. The smallest absolute Gasteiger partial charge is 0.282 e. The molecule has 0 spiro atoms. The third kappa shape index (κ3) is 3.51. The van der Waals surface area contributed by atoms with E-state index in [4.69, 9.17) is 11.6 Å². The van der Waals surface area contributed by atoms with Crippen LogP contribution in [-0.2, 0) is 0 Å². The van der Waals surface area contributed by atoms with Crippen molar-refractivity contribution in [1.82, 2.24) is 4.90 Å². The number of hydrogen-bond donors (Lipinski definition) is 1. The summed E-state index contributed by atoms with van der Waals surface area (Å²) in [7, 11) is 0. The van der Waals surface area contributed by atoms with Crippen molar-refractivity contribution in [3.63, 3.8) is 0 Å². The summed E-state index contributed by atoms with van der Waals surface area (Å²) >= 11 is 5.84. The van der Waals surface area contributed by atoms with E-state index >= 15 is 0 Å². The van der Waals surface area contributed by atoms with Crippen molar-refractivity contribution in [3.8, 4) is 0 Å². The standard InChI is InChI=1S/C14H17ClN2O4/c1-9(18)10-4-6-16(7-5-10)14(19)12-8-11(15)2-3-13(12)17(20)21/h2-3,8-10,18H,4-7H2,1H3. The minimum Gasteiger partial charge on any atom is -0.393 e. The average molecular weight is 313 g/mol. The Morgan fingerprint density at radius 3 is 2.62 bits per heavy atom. The molecule has 1 aliphatic rings. The number of nitro groups is 1. The highest BCUT2D eigenvalue weighted by Crippen LogP contribution is 2.27. The minimum atomic E-state index is -0.577. The summed E-state index contributed by atoms with van der Waals surface area (Å²) in [6.45, 7) is 2.71. The van der Waals surface area contributed by atoms with Crippen LogP contribution in [0.3, 0.4) is 0 Å². The Kier molecular flexibility index (Phi) is 4.80. The largest absolute Gasteiger partial charge is 0.393 e. The molecule has 0 aliphatic carbocycles. The van der Waals surface area contributed by atoms with Crippen LogP contribution in [0.5, 0.6) is 0 Å². The topological polar surface area (TPSA) is 83.7 Å². The Morgan fingerprint density at radius 2 is 2.10 bits per heavy atom. The van der Waals surface area contributed by atoms with E-state index in [-0.39, 0.29) is 23.1 Å². The van der Waals surface area contributed by atoms with E-state index < -0.39 is 11.0 Å². The van der Waals surface area contributed by atoms with Crippen LogP contribution in [-0.4, -0.2) is 40.0 Å². The van der Waals surface area contributed by atoms with Gasteiger partial charge in [-0.3, -0.25) is 14.9 Å². The Labute approximate surface area is 127 Å². The second-order valence-corrected chi connectivity index (χ2v) is 5.73. The number of piperidine rings is 1. The summed E-state index contributed by atoms with van der Waals surface area (Å²) in [5, 5.41) is 20.9. The monoisotopic (exact) mass is 312 g/mol.